The summed E-state index contributed by atoms with van der Waals surface area (Å²) in [5.41, 5.74) is 1.13. The smallest absolute Gasteiger partial charge is 0.0540 e. The number of pyridine rings is 1. The van der Waals surface area contributed by atoms with Gasteiger partial charge in [-0.1, -0.05) is 19.8 Å². The molecule has 1 aromatic heterocycles. The fourth-order valence-corrected chi connectivity index (χ4v) is 2.60. The van der Waals surface area contributed by atoms with E-state index < -0.39 is 0 Å². The Hall–Kier alpha value is -0.570. The highest BCUT2D eigenvalue weighted by molar-refractivity contribution is 9.10. The summed E-state index contributed by atoms with van der Waals surface area (Å²) in [6, 6.07) is 2.71. The highest BCUT2D eigenvalue weighted by Crippen LogP contribution is 2.27. The second-order valence-electron chi connectivity index (χ2n) is 4.40. The lowest BCUT2D eigenvalue weighted by Gasteiger charge is -2.30. The first-order chi connectivity index (χ1) is 7.25. The van der Waals surface area contributed by atoms with E-state index in [0.29, 0.717) is 6.04 Å². The Morgan fingerprint density at radius 1 is 1.33 bits per heavy atom. The number of hydrogen-bond donors (Lipinski definition) is 1. The molecule has 2 rings (SSSR count). The Balaban J connectivity index is 2.01. The predicted molar refractivity (Wildman–Crippen MR) is 67.0 cm³/mol. The maximum absolute atomic E-state index is 4.17. The highest BCUT2D eigenvalue weighted by atomic mass is 79.9. The first-order valence-electron chi connectivity index (χ1n) is 5.63. The van der Waals surface area contributed by atoms with Crippen LogP contribution in [0.2, 0.25) is 0 Å². The normalized spacial score (nSPS) is 26.3. The van der Waals surface area contributed by atoms with E-state index >= 15 is 0 Å². The SMILES string of the molecule is CC1CCCCC1Nc1cncc(Br)c1. The number of halogens is 1. The van der Waals surface area contributed by atoms with Gasteiger partial charge in [-0.05, 0) is 40.8 Å². The Morgan fingerprint density at radius 3 is 2.87 bits per heavy atom. The Morgan fingerprint density at radius 2 is 2.13 bits per heavy atom. The van der Waals surface area contributed by atoms with Crippen LogP contribution in [-0.2, 0) is 0 Å². The maximum Gasteiger partial charge on any atom is 0.0540 e. The van der Waals surface area contributed by atoms with Crippen molar-refractivity contribution in [1.82, 2.24) is 4.98 Å². The summed E-state index contributed by atoms with van der Waals surface area (Å²) >= 11 is 3.44. The van der Waals surface area contributed by atoms with Crippen LogP contribution in [0.4, 0.5) is 5.69 Å². The van der Waals surface area contributed by atoms with Crippen molar-refractivity contribution in [2.45, 2.75) is 38.6 Å². The number of aromatic nitrogens is 1. The van der Waals surface area contributed by atoms with Gasteiger partial charge in [0.25, 0.3) is 0 Å². The van der Waals surface area contributed by atoms with Crippen LogP contribution >= 0.6 is 15.9 Å². The Labute approximate surface area is 99.6 Å². The predicted octanol–water partition coefficient (Wildman–Crippen LogP) is 3.83. The summed E-state index contributed by atoms with van der Waals surface area (Å²) in [6.45, 7) is 2.34. The molecule has 1 aliphatic carbocycles. The molecular formula is C12H17BrN2. The molecule has 1 N–H and O–H groups in total. The fraction of sp³-hybridized carbons (Fsp3) is 0.583. The van der Waals surface area contributed by atoms with Crippen molar-refractivity contribution in [3.05, 3.63) is 22.9 Å². The number of hydrogen-bond acceptors (Lipinski definition) is 2. The molecule has 15 heavy (non-hydrogen) atoms. The summed E-state index contributed by atoms with van der Waals surface area (Å²) in [7, 11) is 0. The van der Waals surface area contributed by atoms with E-state index in [1.165, 1.54) is 25.7 Å². The molecule has 82 valence electrons. The average molecular weight is 269 g/mol. The van der Waals surface area contributed by atoms with Crippen molar-refractivity contribution >= 4 is 21.6 Å². The van der Waals surface area contributed by atoms with Crippen LogP contribution in [0.15, 0.2) is 22.9 Å². The quantitative estimate of drug-likeness (QED) is 0.882. The van der Waals surface area contributed by atoms with Gasteiger partial charge in [-0.15, -0.1) is 0 Å². The summed E-state index contributed by atoms with van der Waals surface area (Å²) in [5, 5.41) is 3.58. The Kier molecular flexibility index (Phi) is 3.62. The molecule has 0 spiro atoms. The third-order valence-electron chi connectivity index (χ3n) is 3.17. The number of nitrogens with zero attached hydrogens (tertiary/aromatic N) is 1. The first-order valence-corrected chi connectivity index (χ1v) is 6.42. The van der Waals surface area contributed by atoms with Gasteiger partial charge in [0.05, 0.1) is 11.9 Å². The molecule has 2 unspecified atom stereocenters. The number of nitrogens with one attached hydrogen (secondary N) is 1. The van der Waals surface area contributed by atoms with E-state index in [9.17, 15) is 0 Å². The van der Waals surface area contributed by atoms with Crippen molar-refractivity contribution in [1.29, 1.82) is 0 Å². The minimum Gasteiger partial charge on any atom is -0.381 e. The van der Waals surface area contributed by atoms with Crippen LogP contribution in [0.25, 0.3) is 0 Å². The molecule has 0 bridgehead atoms. The first kappa shape index (κ1) is 10.9. The molecule has 0 amide bonds. The second-order valence-corrected chi connectivity index (χ2v) is 5.32. The van der Waals surface area contributed by atoms with E-state index in [-0.39, 0.29) is 0 Å². The van der Waals surface area contributed by atoms with Crippen molar-refractivity contribution in [3.63, 3.8) is 0 Å². The molecule has 2 nitrogen and oxygen atoms in total. The second kappa shape index (κ2) is 4.97. The van der Waals surface area contributed by atoms with Crippen LogP contribution in [0.5, 0.6) is 0 Å². The van der Waals surface area contributed by atoms with Gasteiger partial charge in [-0.25, -0.2) is 0 Å². The Bertz CT molecular complexity index is 327. The van der Waals surface area contributed by atoms with E-state index in [2.05, 4.69) is 39.2 Å². The van der Waals surface area contributed by atoms with Gasteiger partial charge >= 0.3 is 0 Å². The van der Waals surface area contributed by atoms with E-state index in [4.69, 9.17) is 0 Å². The summed E-state index contributed by atoms with van der Waals surface area (Å²) < 4.78 is 1.04. The van der Waals surface area contributed by atoms with Gasteiger partial charge in [0.15, 0.2) is 0 Å². The third kappa shape index (κ3) is 2.94. The summed E-state index contributed by atoms with van der Waals surface area (Å²) in [6.07, 6.45) is 9.08. The third-order valence-corrected chi connectivity index (χ3v) is 3.60. The molecular weight excluding hydrogens is 252 g/mol. The molecule has 1 fully saturated rings. The molecule has 0 aromatic carbocycles. The van der Waals surface area contributed by atoms with E-state index in [1.54, 1.807) is 0 Å². The van der Waals surface area contributed by atoms with Crippen molar-refractivity contribution in [2.75, 3.05) is 5.32 Å². The van der Waals surface area contributed by atoms with Crippen LogP contribution in [0.3, 0.4) is 0 Å². The topological polar surface area (TPSA) is 24.9 Å². The monoisotopic (exact) mass is 268 g/mol. The molecule has 0 radical (unpaired) electrons. The van der Waals surface area contributed by atoms with Gasteiger partial charge in [-0.2, -0.15) is 0 Å². The zero-order valence-corrected chi connectivity index (χ0v) is 10.6. The van der Waals surface area contributed by atoms with Crippen LogP contribution in [-0.4, -0.2) is 11.0 Å². The molecule has 3 heteroatoms. The van der Waals surface area contributed by atoms with Crippen molar-refractivity contribution in [3.8, 4) is 0 Å². The van der Waals surface area contributed by atoms with Crippen LogP contribution in [0, 0.1) is 5.92 Å². The van der Waals surface area contributed by atoms with Crippen LogP contribution in [0.1, 0.15) is 32.6 Å². The molecule has 1 aromatic rings. The van der Waals surface area contributed by atoms with E-state index in [0.717, 1.165) is 16.1 Å². The molecule has 1 aliphatic rings. The summed E-state index contributed by atoms with van der Waals surface area (Å²) in [5.74, 6) is 0.776. The molecule has 1 saturated carbocycles. The molecule has 1 heterocycles. The highest BCUT2D eigenvalue weighted by Gasteiger charge is 2.20. The maximum atomic E-state index is 4.17. The minimum atomic E-state index is 0.620. The average Bonchev–Trinajstić information content (AvgIpc) is 2.22. The number of rotatable bonds is 2. The summed E-state index contributed by atoms with van der Waals surface area (Å²) in [4.78, 5) is 4.17. The minimum absolute atomic E-state index is 0.620. The lowest BCUT2D eigenvalue weighted by Crippen LogP contribution is -2.30. The molecule has 0 saturated heterocycles. The van der Waals surface area contributed by atoms with Gasteiger partial charge in [0.2, 0.25) is 0 Å². The molecule has 0 aliphatic heterocycles. The van der Waals surface area contributed by atoms with Gasteiger partial charge in [-0.3, -0.25) is 4.98 Å². The van der Waals surface area contributed by atoms with Crippen molar-refractivity contribution in [2.24, 2.45) is 5.92 Å². The van der Waals surface area contributed by atoms with Gasteiger partial charge in [0.1, 0.15) is 0 Å². The molecule has 2 atom stereocenters. The van der Waals surface area contributed by atoms with Gasteiger partial charge in [0, 0.05) is 16.7 Å². The lowest BCUT2D eigenvalue weighted by molar-refractivity contribution is 0.349. The largest absolute Gasteiger partial charge is 0.381 e. The fourth-order valence-electron chi connectivity index (χ4n) is 2.24. The lowest BCUT2D eigenvalue weighted by atomic mass is 9.86. The van der Waals surface area contributed by atoms with Gasteiger partial charge < -0.3 is 5.32 Å². The zero-order valence-electron chi connectivity index (χ0n) is 9.04. The van der Waals surface area contributed by atoms with Crippen LogP contribution < -0.4 is 5.32 Å². The van der Waals surface area contributed by atoms with E-state index in [1.807, 2.05) is 12.4 Å². The standard InChI is InChI=1S/C12H17BrN2/c1-9-4-2-3-5-12(9)15-11-6-10(13)7-14-8-11/h6-9,12,15H,2-5H2,1H3. The number of anilines is 1. The van der Waals surface area contributed by atoms with Crippen molar-refractivity contribution < 1.29 is 0 Å². The zero-order chi connectivity index (χ0) is 10.7.